The van der Waals surface area contributed by atoms with Crippen LogP contribution in [-0.4, -0.2) is 20.2 Å². The van der Waals surface area contributed by atoms with Crippen molar-refractivity contribution < 1.29 is 0 Å². The highest BCUT2D eigenvalue weighted by Gasteiger charge is 2.19. The number of aliphatic imine (C=N–C) groups is 1. The predicted octanol–water partition coefficient (Wildman–Crippen LogP) is 3.38. The Balaban J connectivity index is 2.00. The Hall–Kier alpha value is -2.27. The maximum Gasteiger partial charge on any atom is 0.134 e. The van der Waals surface area contributed by atoms with Crippen molar-refractivity contribution >= 4 is 21.6 Å². The zero-order valence-corrected chi connectivity index (χ0v) is 12.7. The third-order valence-electron chi connectivity index (χ3n) is 3.48. The number of benzene rings is 1. The lowest BCUT2D eigenvalue weighted by Gasteiger charge is -2.11. The molecule has 0 spiro atoms. The van der Waals surface area contributed by atoms with Crippen LogP contribution in [0.15, 0.2) is 64.5 Å². The van der Waals surface area contributed by atoms with Gasteiger partial charge < -0.3 is 4.57 Å². The first-order chi connectivity index (χ1) is 10.3. The molecule has 0 bridgehead atoms. The fraction of sp³-hybridized carbons (Fsp3) is 0.0625. The fourth-order valence-corrected chi connectivity index (χ4v) is 2.90. The maximum absolute atomic E-state index is 4.74. The standard InChI is InChI=1S/C16H11BrN4/c17-11-4-5-14-12(9-11)16(13-3-1-2-6-18-13)20-10-15-19-7-8-21(14)15/h1-9H,10H2. The predicted molar refractivity (Wildman–Crippen MR) is 84.8 cm³/mol. The lowest BCUT2D eigenvalue weighted by atomic mass is 10.0. The van der Waals surface area contributed by atoms with Crippen molar-refractivity contribution in [1.82, 2.24) is 14.5 Å². The quantitative estimate of drug-likeness (QED) is 0.682. The highest BCUT2D eigenvalue weighted by Crippen LogP contribution is 2.26. The van der Waals surface area contributed by atoms with Gasteiger partial charge in [-0.2, -0.15) is 0 Å². The van der Waals surface area contributed by atoms with Gasteiger partial charge in [-0.05, 0) is 30.3 Å². The minimum absolute atomic E-state index is 0.547. The number of halogens is 1. The highest BCUT2D eigenvalue weighted by atomic mass is 79.9. The van der Waals surface area contributed by atoms with Crippen molar-refractivity contribution in [2.24, 2.45) is 4.99 Å². The van der Waals surface area contributed by atoms with Crippen molar-refractivity contribution in [2.75, 3.05) is 0 Å². The molecule has 0 amide bonds. The first kappa shape index (κ1) is 12.5. The molecule has 1 aromatic carbocycles. The van der Waals surface area contributed by atoms with Gasteiger partial charge in [0, 0.05) is 28.6 Å². The molecule has 4 rings (SSSR count). The van der Waals surface area contributed by atoms with E-state index in [1.165, 1.54) is 0 Å². The van der Waals surface area contributed by atoms with Gasteiger partial charge in [-0.3, -0.25) is 9.98 Å². The molecule has 4 nitrogen and oxygen atoms in total. The molecule has 21 heavy (non-hydrogen) atoms. The zero-order valence-electron chi connectivity index (χ0n) is 11.1. The molecule has 0 saturated carbocycles. The molecule has 0 fully saturated rings. The Morgan fingerprint density at radius 1 is 1.05 bits per heavy atom. The Morgan fingerprint density at radius 2 is 2.00 bits per heavy atom. The average Bonchev–Trinajstić information content (AvgIpc) is 2.92. The van der Waals surface area contributed by atoms with E-state index >= 15 is 0 Å². The van der Waals surface area contributed by atoms with Crippen molar-refractivity contribution in [2.45, 2.75) is 6.54 Å². The second-order valence-corrected chi connectivity index (χ2v) is 5.67. The zero-order chi connectivity index (χ0) is 14.2. The number of imidazole rings is 1. The lowest BCUT2D eigenvalue weighted by molar-refractivity contribution is 0.879. The number of hydrogen-bond acceptors (Lipinski definition) is 3. The first-order valence-corrected chi connectivity index (χ1v) is 7.40. The maximum atomic E-state index is 4.74. The molecule has 3 aromatic rings. The van der Waals surface area contributed by atoms with E-state index in [0.29, 0.717) is 6.54 Å². The first-order valence-electron chi connectivity index (χ1n) is 6.61. The van der Waals surface area contributed by atoms with Crippen LogP contribution in [0.3, 0.4) is 0 Å². The number of pyridine rings is 1. The summed E-state index contributed by atoms with van der Waals surface area (Å²) >= 11 is 3.55. The van der Waals surface area contributed by atoms with E-state index in [1.54, 1.807) is 6.20 Å². The van der Waals surface area contributed by atoms with E-state index in [4.69, 9.17) is 4.99 Å². The number of rotatable bonds is 1. The van der Waals surface area contributed by atoms with Gasteiger partial charge in [0.1, 0.15) is 5.82 Å². The van der Waals surface area contributed by atoms with Gasteiger partial charge in [-0.25, -0.2) is 4.98 Å². The van der Waals surface area contributed by atoms with E-state index in [-0.39, 0.29) is 0 Å². The molecule has 5 heteroatoms. The molecule has 1 aliphatic heterocycles. The third-order valence-corrected chi connectivity index (χ3v) is 3.97. The molecular weight excluding hydrogens is 328 g/mol. The topological polar surface area (TPSA) is 43.1 Å². The Morgan fingerprint density at radius 3 is 2.86 bits per heavy atom. The SMILES string of the molecule is Brc1ccc2c(c1)C(c1ccccn1)=NCc1nccn1-2. The molecule has 0 atom stereocenters. The summed E-state index contributed by atoms with van der Waals surface area (Å²) < 4.78 is 3.11. The Labute approximate surface area is 130 Å². The molecule has 102 valence electrons. The number of nitrogens with zero attached hydrogens (tertiary/aromatic N) is 4. The Kier molecular flexibility index (Phi) is 2.93. The molecule has 1 aliphatic rings. The molecule has 0 radical (unpaired) electrons. The van der Waals surface area contributed by atoms with Gasteiger partial charge in [-0.1, -0.05) is 22.0 Å². The molecule has 0 aliphatic carbocycles. The third kappa shape index (κ3) is 2.10. The fourth-order valence-electron chi connectivity index (χ4n) is 2.54. The summed E-state index contributed by atoms with van der Waals surface area (Å²) in [6.45, 7) is 0.547. The molecule has 2 aromatic heterocycles. The van der Waals surface area contributed by atoms with E-state index in [9.17, 15) is 0 Å². The number of fused-ring (bicyclic) bond motifs is 3. The monoisotopic (exact) mass is 338 g/mol. The van der Waals surface area contributed by atoms with Gasteiger partial charge in [0.15, 0.2) is 0 Å². The van der Waals surface area contributed by atoms with Gasteiger partial charge >= 0.3 is 0 Å². The van der Waals surface area contributed by atoms with E-state index in [1.807, 2.05) is 36.7 Å². The van der Waals surface area contributed by atoms with Gasteiger partial charge in [0.25, 0.3) is 0 Å². The summed E-state index contributed by atoms with van der Waals surface area (Å²) in [5.74, 6) is 0.935. The summed E-state index contributed by atoms with van der Waals surface area (Å²) in [6.07, 6.45) is 5.57. The number of hydrogen-bond donors (Lipinski definition) is 0. The van der Waals surface area contributed by atoms with Crippen molar-refractivity contribution in [3.63, 3.8) is 0 Å². The minimum atomic E-state index is 0.547. The Bertz CT molecular complexity index is 836. The highest BCUT2D eigenvalue weighted by molar-refractivity contribution is 9.10. The smallest absolute Gasteiger partial charge is 0.134 e. The molecule has 0 saturated heterocycles. The van der Waals surface area contributed by atoms with Crippen LogP contribution in [0.2, 0.25) is 0 Å². The van der Waals surface area contributed by atoms with E-state index in [2.05, 4.69) is 42.6 Å². The number of aromatic nitrogens is 3. The van der Waals surface area contributed by atoms with Crippen LogP contribution in [0.25, 0.3) is 5.69 Å². The van der Waals surface area contributed by atoms with Crippen LogP contribution in [0.4, 0.5) is 0 Å². The summed E-state index contributed by atoms with van der Waals surface area (Å²) in [4.78, 5) is 13.6. The minimum Gasteiger partial charge on any atom is -0.302 e. The molecule has 0 unspecified atom stereocenters. The molecular formula is C16H11BrN4. The largest absolute Gasteiger partial charge is 0.302 e. The summed E-state index contributed by atoms with van der Waals surface area (Å²) in [7, 11) is 0. The van der Waals surface area contributed by atoms with Crippen LogP contribution in [0.5, 0.6) is 0 Å². The van der Waals surface area contributed by atoms with Crippen molar-refractivity contribution in [3.8, 4) is 5.69 Å². The summed E-state index contributed by atoms with van der Waals surface area (Å²) in [5.41, 5.74) is 3.91. The van der Waals surface area contributed by atoms with Gasteiger partial charge in [-0.15, -0.1) is 0 Å². The summed E-state index contributed by atoms with van der Waals surface area (Å²) in [6, 6.07) is 12.1. The second kappa shape index (κ2) is 4.93. The molecule has 0 N–H and O–H groups in total. The van der Waals surface area contributed by atoms with E-state index < -0.39 is 0 Å². The van der Waals surface area contributed by atoms with Gasteiger partial charge in [0.05, 0.1) is 23.6 Å². The van der Waals surface area contributed by atoms with E-state index in [0.717, 1.165) is 33.0 Å². The second-order valence-electron chi connectivity index (χ2n) is 4.75. The van der Waals surface area contributed by atoms with Crippen LogP contribution in [0, 0.1) is 0 Å². The lowest BCUT2D eigenvalue weighted by Crippen LogP contribution is -2.08. The van der Waals surface area contributed by atoms with Crippen LogP contribution < -0.4 is 0 Å². The average molecular weight is 339 g/mol. The van der Waals surface area contributed by atoms with Crippen molar-refractivity contribution in [3.05, 3.63) is 76.5 Å². The normalized spacial score (nSPS) is 13.1. The van der Waals surface area contributed by atoms with Crippen LogP contribution >= 0.6 is 15.9 Å². The van der Waals surface area contributed by atoms with Gasteiger partial charge in [0.2, 0.25) is 0 Å². The van der Waals surface area contributed by atoms with Crippen LogP contribution in [-0.2, 0) is 6.54 Å². The molecule has 3 heterocycles. The van der Waals surface area contributed by atoms with Crippen LogP contribution in [0.1, 0.15) is 17.1 Å². The van der Waals surface area contributed by atoms with Crippen molar-refractivity contribution in [1.29, 1.82) is 0 Å². The summed E-state index contributed by atoms with van der Waals surface area (Å²) in [5, 5.41) is 0.